The number of benzene rings is 1. The lowest BCUT2D eigenvalue weighted by Crippen LogP contribution is -2.23. The molecule has 0 atom stereocenters. The third kappa shape index (κ3) is 3.37. The Balaban J connectivity index is 1.78. The van der Waals surface area contributed by atoms with E-state index in [9.17, 15) is 4.79 Å². The van der Waals surface area contributed by atoms with Gasteiger partial charge >= 0.3 is 0 Å². The molecule has 0 saturated carbocycles. The summed E-state index contributed by atoms with van der Waals surface area (Å²) in [7, 11) is 1.88. The highest BCUT2D eigenvalue weighted by atomic mass is 16.7. The van der Waals surface area contributed by atoms with Crippen LogP contribution in [0.5, 0.6) is 11.5 Å². The first-order valence-corrected chi connectivity index (χ1v) is 6.09. The predicted octanol–water partition coefficient (Wildman–Crippen LogP) is 1.03. The first-order valence-electron chi connectivity index (χ1n) is 6.09. The molecule has 98 valence electrons. The van der Waals surface area contributed by atoms with Gasteiger partial charge in [0, 0.05) is 13.0 Å². The lowest BCUT2D eigenvalue weighted by molar-refractivity contribution is -0.121. The van der Waals surface area contributed by atoms with Crippen LogP contribution < -0.4 is 20.1 Å². The molecule has 5 nitrogen and oxygen atoms in total. The fourth-order valence-corrected chi connectivity index (χ4v) is 1.77. The van der Waals surface area contributed by atoms with Gasteiger partial charge in [0.05, 0.1) is 0 Å². The van der Waals surface area contributed by atoms with Gasteiger partial charge in [0.1, 0.15) is 0 Å². The Morgan fingerprint density at radius 1 is 1.33 bits per heavy atom. The number of hydrogen-bond donors (Lipinski definition) is 2. The zero-order valence-electron chi connectivity index (χ0n) is 10.5. The number of nitrogens with one attached hydrogen (secondary N) is 2. The number of rotatable bonds is 6. The van der Waals surface area contributed by atoms with E-state index in [0.29, 0.717) is 13.0 Å². The second-order valence-corrected chi connectivity index (χ2v) is 4.17. The van der Waals surface area contributed by atoms with E-state index in [2.05, 4.69) is 10.6 Å². The van der Waals surface area contributed by atoms with E-state index in [1.165, 1.54) is 0 Å². The average Bonchev–Trinajstić information content (AvgIpc) is 2.84. The Hall–Kier alpha value is -1.75. The maximum Gasteiger partial charge on any atom is 0.231 e. The summed E-state index contributed by atoms with van der Waals surface area (Å²) in [5, 5.41) is 5.90. The molecule has 0 aliphatic carbocycles. The van der Waals surface area contributed by atoms with Gasteiger partial charge in [0.15, 0.2) is 11.5 Å². The third-order valence-electron chi connectivity index (χ3n) is 2.76. The topological polar surface area (TPSA) is 59.6 Å². The van der Waals surface area contributed by atoms with Crippen molar-refractivity contribution >= 4 is 5.91 Å². The Morgan fingerprint density at radius 3 is 3.00 bits per heavy atom. The minimum Gasteiger partial charge on any atom is -0.454 e. The standard InChI is InChI=1S/C13H18N2O3/c1-14-6-2-3-13(16)15-8-10-4-5-11-12(7-10)18-9-17-11/h4-5,7,14H,2-3,6,8-9H2,1H3,(H,15,16). The maximum absolute atomic E-state index is 11.5. The molecular formula is C13H18N2O3. The lowest BCUT2D eigenvalue weighted by Gasteiger charge is -2.06. The molecular weight excluding hydrogens is 232 g/mol. The molecule has 5 heteroatoms. The van der Waals surface area contributed by atoms with Crippen molar-refractivity contribution in [1.82, 2.24) is 10.6 Å². The van der Waals surface area contributed by atoms with Crippen molar-refractivity contribution in [3.63, 3.8) is 0 Å². The van der Waals surface area contributed by atoms with Crippen molar-refractivity contribution in [2.24, 2.45) is 0 Å². The molecule has 2 rings (SSSR count). The SMILES string of the molecule is CNCCCC(=O)NCc1ccc2c(c1)OCO2. The Labute approximate surface area is 106 Å². The highest BCUT2D eigenvalue weighted by Crippen LogP contribution is 2.32. The summed E-state index contributed by atoms with van der Waals surface area (Å²) in [6.45, 7) is 1.65. The first kappa shape index (κ1) is 12.7. The minimum absolute atomic E-state index is 0.0721. The van der Waals surface area contributed by atoms with E-state index in [-0.39, 0.29) is 12.7 Å². The summed E-state index contributed by atoms with van der Waals surface area (Å²) >= 11 is 0. The van der Waals surface area contributed by atoms with Crippen LogP contribution in [0.15, 0.2) is 18.2 Å². The van der Waals surface area contributed by atoms with E-state index in [0.717, 1.165) is 30.0 Å². The van der Waals surface area contributed by atoms with Crippen LogP contribution in [0.1, 0.15) is 18.4 Å². The van der Waals surface area contributed by atoms with Gasteiger partial charge in [0.2, 0.25) is 12.7 Å². The van der Waals surface area contributed by atoms with Gasteiger partial charge < -0.3 is 20.1 Å². The van der Waals surface area contributed by atoms with E-state index in [1.807, 2.05) is 25.2 Å². The maximum atomic E-state index is 11.5. The quantitative estimate of drug-likeness (QED) is 0.740. The number of amides is 1. The van der Waals surface area contributed by atoms with E-state index < -0.39 is 0 Å². The van der Waals surface area contributed by atoms with Gasteiger partial charge in [-0.05, 0) is 37.7 Å². The molecule has 1 aromatic rings. The molecule has 1 heterocycles. The van der Waals surface area contributed by atoms with Crippen LogP contribution in [0, 0.1) is 0 Å². The number of carbonyl (C=O) groups is 1. The molecule has 1 aliphatic rings. The average molecular weight is 250 g/mol. The fourth-order valence-electron chi connectivity index (χ4n) is 1.77. The van der Waals surface area contributed by atoms with Crippen LogP contribution in [0.2, 0.25) is 0 Å². The van der Waals surface area contributed by atoms with Crippen molar-refractivity contribution in [1.29, 1.82) is 0 Å². The highest BCUT2D eigenvalue weighted by Gasteiger charge is 2.13. The van der Waals surface area contributed by atoms with Crippen molar-refractivity contribution in [3.05, 3.63) is 23.8 Å². The number of hydrogen-bond acceptors (Lipinski definition) is 4. The minimum atomic E-state index is 0.0721. The first-order chi connectivity index (χ1) is 8.79. The normalized spacial score (nSPS) is 12.5. The van der Waals surface area contributed by atoms with Gasteiger partial charge in [-0.15, -0.1) is 0 Å². The monoisotopic (exact) mass is 250 g/mol. The van der Waals surface area contributed by atoms with Crippen LogP contribution in [-0.4, -0.2) is 26.3 Å². The van der Waals surface area contributed by atoms with Crippen molar-refractivity contribution < 1.29 is 14.3 Å². The molecule has 0 aromatic heterocycles. The van der Waals surface area contributed by atoms with Crippen LogP contribution in [-0.2, 0) is 11.3 Å². The lowest BCUT2D eigenvalue weighted by atomic mass is 10.2. The fraction of sp³-hybridized carbons (Fsp3) is 0.462. The van der Waals surface area contributed by atoms with Gasteiger partial charge in [-0.25, -0.2) is 0 Å². The summed E-state index contributed by atoms with van der Waals surface area (Å²) in [6.07, 6.45) is 1.40. The van der Waals surface area contributed by atoms with Crippen molar-refractivity contribution in [3.8, 4) is 11.5 Å². The summed E-state index contributed by atoms with van der Waals surface area (Å²) < 4.78 is 10.5. The summed E-state index contributed by atoms with van der Waals surface area (Å²) in [6, 6.07) is 5.70. The molecule has 18 heavy (non-hydrogen) atoms. The second-order valence-electron chi connectivity index (χ2n) is 4.17. The zero-order valence-corrected chi connectivity index (χ0v) is 10.5. The summed E-state index contributed by atoms with van der Waals surface area (Å²) in [5.74, 6) is 1.58. The van der Waals surface area contributed by atoms with Crippen LogP contribution >= 0.6 is 0 Å². The molecule has 0 unspecified atom stereocenters. The van der Waals surface area contributed by atoms with Crippen LogP contribution in [0.25, 0.3) is 0 Å². The number of ether oxygens (including phenoxy) is 2. The second kappa shape index (κ2) is 6.26. The predicted molar refractivity (Wildman–Crippen MR) is 67.6 cm³/mol. The summed E-state index contributed by atoms with van der Waals surface area (Å²) in [5.41, 5.74) is 1.02. The molecule has 2 N–H and O–H groups in total. The van der Waals surface area contributed by atoms with Crippen molar-refractivity contribution in [2.75, 3.05) is 20.4 Å². The molecule has 1 aliphatic heterocycles. The molecule has 0 bridgehead atoms. The van der Waals surface area contributed by atoms with Crippen LogP contribution in [0.3, 0.4) is 0 Å². The molecule has 0 radical (unpaired) electrons. The Bertz CT molecular complexity index is 421. The molecule has 1 amide bonds. The molecule has 0 fully saturated rings. The Kier molecular flexibility index (Phi) is 4.41. The van der Waals surface area contributed by atoms with Gasteiger partial charge in [-0.2, -0.15) is 0 Å². The van der Waals surface area contributed by atoms with Crippen LogP contribution in [0.4, 0.5) is 0 Å². The van der Waals surface area contributed by atoms with Crippen molar-refractivity contribution in [2.45, 2.75) is 19.4 Å². The number of fused-ring (bicyclic) bond motifs is 1. The number of carbonyl (C=O) groups excluding carboxylic acids is 1. The smallest absolute Gasteiger partial charge is 0.231 e. The van der Waals surface area contributed by atoms with Gasteiger partial charge in [0.25, 0.3) is 0 Å². The molecule has 0 spiro atoms. The summed E-state index contributed by atoms with van der Waals surface area (Å²) in [4.78, 5) is 11.5. The zero-order chi connectivity index (χ0) is 12.8. The highest BCUT2D eigenvalue weighted by molar-refractivity contribution is 5.75. The van der Waals surface area contributed by atoms with E-state index in [1.54, 1.807) is 0 Å². The van der Waals surface area contributed by atoms with Gasteiger partial charge in [-0.3, -0.25) is 4.79 Å². The molecule has 0 saturated heterocycles. The largest absolute Gasteiger partial charge is 0.454 e. The molecule has 1 aromatic carbocycles. The van der Waals surface area contributed by atoms with E-state index in [4.69, 9.17) is 9.47 Å². The Morgan fingerprint density at radius 2 is 2.17 bits per heavy atom. The van der Waals surface area contributed by atoms with Gasteiger partial charge in [-0.1, -0.05) is 6.07 Å². The van der Waals surface area contributed by atoms with E-state index >= 15 is 0 Å². The third-order valence-corrected chi connectivity index (χ3v) is 2.76.